The number of benzene rings is 3. The quantitative estimate of drug-likeness (QED) is 0.123. The van der Waals surface area contributed by atoms with Crippen LogP contribution in [0.5, 0.6) is 5.88 Å². The van der Waals surface area contributed by atoms with Gasteiger partial charge in [-0.2, -0.15) is 10.1 Å². The zero-order valence-electron chi connectivity index (χ0n) is 27.6. The second-order valence-electron chi connectivity index (χ2n) is 12.9. The molecule has 0 aliphatic rings. The average molecular weight is 669 g/mol. The molecule has 0 fully saturated rings. The Morgan fingerprint density at radius 3 is 2.35 bits per heavy atom. The summed E-state index contributed by atoms with van der Waals surface area (Å²) >= 11 is 0. The first-order valence-corrected chi connectivity index (χ1v) is 17.0. The third kappa shape index (κ3) is 8.97. The van der Waals surface area contributed by atoms with E-state index in [0.717, 1.165) is 40.4 Å². The Morgan fingerprint density at radius 1 is 0.958 bits per heavy atom. The highest BCUT2D eigenvalue weighted by molar-refractivity contribution is 7.92. The van der Waals surface area contributed by atoms with Crippen LogP contribution in [0.1, 0.15) is 54.2 Å². The molecule has 5 aromatic rings. The maximum Gasteiger partial charge on any atom is 0.335 e. The first-order chi connectivity index (χ1) is 22.8. The van der Waals surface area contributed by atoms with Gasteiger partial charge >= 0.3 is 5.97 Å². The number of sulfonamides is 1. The number of aryl methyl sites for hydroxylation is 2. The molecule has 250 valence electrons. The van der Waals surface area contributed by atoms with Gasteiger partial charge in [0.05, 0.1) is 40.6 Å². The molecule has 0 aliphatic heterocycles. The molecule has 11 nitrogen and oxygen atoms in total. The predicted molar refractivity (Wildman–Crippen MR) is 186 cm³/mol. The van der Waals surface area contributed by atoms with E-state index >= 15 is 0 Å². The summed E-state index contributed by atoms with van der Waals surface area (Å²) in [5.74, 6) is -1.26. The summed E-state index contributed by atoms with van der Waals surface area (Å²) < 4.78 is 37.3. The fraction of sp³-hybridized carbons (Fsp3) is 0.278. The number of anilines is 2. The number of carboxylic acid groups (broad SMARTS) is 1. The van der Waals surface area contributed by atoms with Crippen molar-refractivity contribution in [2.75, 3.05) is 16.6 Å². The fourth-order valence-electron chi connectivity index (χ4n) is 5.47. The second-order valence-corrected chi connectivity index (χ2v) is 14.6. The van der Waals surface area contributed by atoms with Crippen molar-refractivity contribution in [1.82, 2.24) is 19.7 Å². The lowest BCUT2D eigenvalue weighted by molar-refractivity contribution is 0.0696. The minimum Gasteiger partial charge on any atom is -0.478 e. The third-order valence-corrected chi connectivity index (χ3v) is 8.87. The molecule has 0 saturated carbocycles. The number of carbonyl (C=O) groups is 1. The van der Waals surface area contributed by atoms with E-state index in [-0.39, 0.29) is 40.4 Å². The third-order valence-electron chi connectivity index (χ3n) is 7.54. The monoisotopic (exact) mass is 668 g/mol. The standard InChI is InChI=1S/C36H40N6O5S/c1-24-11-9-12-25(2)33(24)31-18-32(40-35(39-31)41-48(45,46)30-16-10-15-27(17-30)34(43)44)47-23-28(19-36(3,4)5)38-29-20-37-42(22-29)21-26-13-7-6-8-14-26/h6-18,20,22,28,38H,19,21,23H2,1-5H3,(H,43,44)(H,39,40,41)/t28-/m1/s1. The zero-order chi connectivity index (χ0) is 34.5. The van der Waals surface area contributed by atoms with Crippen LogP contribution in [0.25, 0.3) is 11.3 Å². The molecule has 48 heavy (non-hydrogen) atoms. The summed E-state index contributed by atoms with van der Waals surface area (Å²) in [6.07, 6.45) is 4.50. The van der Waals surface area contributed by atoms with Crippen molar-refractivity contribution in [3.8, 4) is 17.1 Å². The Balaban J connectivity index is 1.43. The maximum atomic E-state index is 13.4. The van der Waals surface area contributed by atoms with Crippen molar-refractivity contribution in [3.63, 3.8) is 0 Å². The van der Waals surface area contributed by atoms with E-state index in [2.05, 4.69) is 58.0 Å². The minimum atomic E-state index is -4.24. The summed E-state index contributed by atoms with van der Waals surface area (Å²) in [4.78, 5) is 20.2. The Bertz CT molecular complexity index is 1980. The molecule has 5 rings (SSSR count). The van der Waals surface area contributed by atoms with E-state index in [1.54, 1.807) is 12.3 Å². The first-order valence-electron chi connectivity index (χ1n) is 15.5. The van der Waals surface area contributed by atoms with Crippen molar-refractivity contribution in [1.29, 1.82) is 0 Å². The number of aromatic carboxylic acids is 1. The summed E-state index contributed by atoms with van der Waals surface area (Å²) in [5, 5.41) is 17.5. The van der Waals surface area contributed by atoms with Gasteiger partial charge in [0.15, 0.2) is 0 Å². The van der Waals surface area contributed by atoms with Crippen molar-refractivity contribution in [3.05, 3.63) is 114 Å². The van der Waals surface area contributed by atoms with Crippen molar-refractivity contribution in [2.45, 2.75) is 58.5 Å². The topological polar surface area (TPSA) is 148 Å². The van der Waals surface area contributed by atoms with Gasteiger partial charge in [0.2, 0.25) is 11.8 Å². The lowest BCUT2D eigenvalue weighted by Crippen LogP contribution is -2.31. The van der Waals surface area contributed by atoms with Crippen LogP contribution in [0.15, 0.2) is 96.2 Å². The van der Waals surface area contributed by atoms with Gasteiger partial charge in [-0.25, -0.2) is 22.9 Å². The molecule has 2 heterocycles. The summed E-state index contributed by atoms with van der Waals surface area (Å²) in [6, 6.07) is 22.6. The van der Waals surface area contributed by atoms with Gasteiger partial charge in [0.1, 0.15) is 6.61 Å². The molecule has 3 aromatic carbocycles. The molecule has 0 radical (unpaired) electrons. The summed E-state index contributed by atoms with van der Waals surface area (Å²) in [7, 11) is -4.24. The molecule has 3 N–H and O–H groups in total. The molecule has 0 saturated heterocycles. The average Bonchev–Trinajstić information content (AvgIpc) is 3.45. The number of nitrogens with one attached hydrogen (secondary N) is 2. The fourth-order valence-corrected chi connectivity index (χ4v) is 6.46. The zero-order valence-corrected chi connectivity index (χ0v) is 28.5. The number of hydrogen-bond acceptors (Lipinski definition) is 8. The van der Waals surface area contributed by atoms with E-state index in [4.69, 9.17) is 4.74 Å². The highest BCUT2D eigenvalue weighted by Crippen LogP contribution is 2.30. The lowest BCUT2D eigenvalue weighted by Gasteiger charge is -2.27. The Kier molecular flexibility index (Phi) is 10.1. The largest absolute Gasteiger partial charge is 0.478 e. The molecule has 0 unspecified atom stereocenters. The van der Waals surface area contributed by atoms with Crippen LogP contribution in [0.3, 0.4) is 0 Å². The molecular formula is C36H40N6O5S. The minimum absolute atomic E-state index is 0.0402. The van der Waals surface area contributed by atoms with Crippen LogP contribution in [-0.4, -0.2) is 51.9 Å². The van der Waals surface area contributed by atoms with Crippen LogP contribution >= 0.6 is 0 Å². The molecule has 0 bridgehead atoms. The molecule has 0 spiro atoms. The van der Waals surface area contributed by atoms with E-state index in [1.165, 1.54) is 18.2 Å². The molecule has 1 atom stereocenters. The second kappa shape index (κ2) is 14.3. The SMILES string of the molecule is Cc1cccc(C)c1-c1cc(OC[C@@H](CC(C)(C)C)Nc2cnn(Cc3ccccc3)c2)nc(NS(=O)(=O)c2cccc(C(=O)O)c2)n1. The van der Waals surface area contributed by atoms with Crippen LogP contribution < -0.4 is 14.8 Å². The summed E-state index contributed by atoms with van der Waals surface area (Å²) in [6.45, 7) is 11.2. The molecular weight excluding hydrogens is 629 g/mol. The van der Waals surface area contributed by atoms with Gasteiger partial charge in [-0.1, -0.05) is 75.4 Å². The highest BCUT2D eigenvalue weighted by atomic mass is 32.2. The summed E-state index contributed by atoms with van der Waals surface area (Å²) in [5.41, 5.74) is 5.00. The Hall–Kier alpha value is -5.23. The highest BCUT2D eigenvalue weighted by Gasteiger charge is 2.23. The number of rotatable bonds is 13. The van der Waals surface area contributed by atoms with E-state index in [0.29, 0.717) is 12.2 Å². The Morgan fingerprint density at radius 2 is 1.67 bits per heavy atom. The molecule has 2 aromatic heterocycles. The number of carboxylic acids is 1. The van der Waals surface area contributed by atoms with Crippen molar-refractivity contribution >= 4 is 27.6 Å². The lowest BCUT2D eigenvalue weighted by atomic mass is 9.88. The van der Waals surface area contributed by atoms with E-state index in [9.17, 15) is 18.3 Å². The molecule has 0 amide bonds. The number of nitrogens with zero attached hydrogens (tertiary/aromatic N) is 4. The molecule has 12 heteroatoms. The van der Waals surface area contributed by atoms with Crippen LogP contribution in [0.2, 0.25) is 0 Å². The van der Waals surface area contributed by atoms with Gasteiger partial charge in [-0.05, 0) is 60.6 Å². The van der Waals surface area contributed by atoms with Crippen LogP contribution in [0, 0.1) is 19.3 Å². The van der Waals surface area contributed by atoms with E-state index in [1.807, 2.05) is 61.1 Å². The van der Waals surface area contributed by atoms with Gasteiger partial charge in [-0.3, -0.25) is 4.68 Å². The number of aromatic nitrogens is 4. The number of hydrogen-bond donors (Lipinski definition) is 3. The molecule has 0 aliphatic carbocycles. The maximum absolute atomic E-state index is 13.4. The predicted octanol–water partition coefficient (Wildman–Crippen LogP) is 6.80. The van der Waals surface area contributed by atoms with Crippen LogP contribution in [-0.2, 0) is 16.6 Å². The van der Waals surface area contributed by atoms with Crippen molar-refractivity contribution in [2.24, 2.45) is 5.41 Å². The van der Waals surface area contributed by atoms with Gasteiger partial charge in [-0.15, -0.1) is 0 Å². The smallest absolute Gasteiger partial charge is 0.335 e. The first kappa shape index (κ1) is 34.1. The van der Waals surface area contributed by atoms with Crippen LogP contribution in [0.4, 0.5) is 11.6 Å². The Labute approximate surface area is 281 Å². The normalized spacial score (nSPS) is 12.4. The van der Waals surface area contributed by atoms with Gasteiger partial charge < -0.3 is 15.2 Å². The van der Waals surface area contributed by atoms with E-state index < -0.39 is 16.0 Å². The van der Waals surface area contributed by atoms with Gasteiger partial charge in [0, 0.05) is 17.8 Å². The number of ether oxygens (including phenoxy) is 1. The van der Waals surface area contributed by atoms with Crippen molar-refractivity contribution < 1.29 is 23.1 Å². The van der Waals surface area contributed by atoms with Gasteiger partial charge in [0.25, 0.3) is 10.0 Å².